The minimum absolute atomic E-state index is 0.0420. The summed E-state index contributed by atoms with van der Waals surface area (Å²) in [7, 11) is 0. The van der Waals surface area contributed by atoms with Crippen molar-refractivity contribution < 1.29 is 14.3 Å². The normalized spacial score (nSPS) is 18.3. The Morgan fingerprint density at radius 2 is 1.85 bits per heavy atom. The largest absolute Gasteiger partial charge is 0.490 e. The molecular weight excluding hydrogens is 326 g/mol. The fourth-order valence-electron chi connectivity index (χ4n) is 2.91. The fraction of sp³-hybridized carbons (Fsp3) is 0.318. The van der Waals surface area contributed by atoms with Gasteiger partial charge in [0, 0.05) is 18.3 Å². The van der Waals surface area contributed by atoms with Crippen molar-refractivity contribution in [3.8, 4) is 5.75 Å². The quantitative estimate of drug-likeness (QED) is 0.643. The molecule has 0 spiro atoms. The van der Waals surface area contributed by atoms with E-state index in [4.69, 9.17) is 9.47 Å². The van der Waals surface area contributed by atoms with E-state index in [1.165, 1.54) is 5.56 Å². The van der Waals surface area contributed by atoms with Crippen LogP contribution in [0, 0.1) is 5.92 Å². The first-order valence-electron chi connectivity index (χ1n) is 8.87. The van der Waals surface area contributed by atoms with E-state index in [-0.39, 0.29) is 23.9 Å². The predicted octanol–water partition coefficient (Wildman–Crippen LogP) is 4.02. The molecule has 1 aromatic rings. The molecule has 26 heavy (non-hydrogen) atoms. The molecule has 1 aliphatic carbocycles. The molecule has 3 rings (SSSR count). The van der Waals surface area contributed by atoms with Crippen molar-refractivity contribution in [2.24, 2.45) is 5.92 Å². The zero-order chi connectivity index (χ0) is 18.6. The van der Waals surface area contributed by atoms with Crippen molar-refractivity contribution >= 4 is 5.97 Å². The minimum Gasteiger partial charge on any atom is -0.490 e. The van der Waals surface area contributed by atoms with Crippen LogP contribution in [0.25, 0.3) is 0 Å². The van der Waals surface area contributed by atoms with E-state index in [1.54, 1.807) is 6.20 Å². The molecule has 2 aliphatic rings. The number of hydrogen-bond donors (Lipinski definition) is 1. The number of carbonyl (C=O) groups is 1. The molecule has 1 unspecified atom stereocenters. The molecule has 0 fully saturated rings. The summed E-state index contributed by atoms with van der Waals surface area (Å²) in [4.78, 5) is 12.3. The number of rotatable bonds is 5. The molecule has 0 radical (unpaired) electrons. The number of ether oxygens (including phenoxy) is 2. The van der Waals surface area contributed by atoms with Crippen LogP contribution in [0.5, 0.6) is 5.75 Å². The second-order valence-electron chi connectivity index (χ2n) is 7.39. The van der Waals surface area contributed by atoms with Gasteiger partial charge in [0.1, 0.15) is 19.0 Å². The van der Waals surface area contributed by atoms with E-state index in [2.05, 4.69) is 38.2 Å². The Morgan fingerprint density at radius 3 is 2.58 bits per heavy atom. The van der Waals surface area contributed by atoms with E-state index in [9.17, 15) is 4.79 Å². The molecule has 136 valence electrons. The topological polar surface area (TPSA) is 47.6 Å². The van der Waals surface area contributed by atoms with E-state index < -0.39 is 0 Å². The maximum Gasteiger partial charge on any atom is 0.336 e. The molecule has 1 aliphatic heterocycles. The lowest BCUT2D eigenvalue weighted by Crippen LogP contribution is -2.24. The molecule has 4 heteroatoms. The van der Waals surface area contributed by atoms with Crippen LogP contribution in [0.1, 0.15) is 26.3 Å². The maximum absolute atomic E-state index is 12.3. The lowest BCUT2D eigenvalue weighted by atomic mass is 9.87. The monoisotopic (exact) mass is 351 g/mol. The Morgan fingerprint density at radius 1 is 1.08 bits per heavy atom. The van der Waals surface area contributed by atoms with E-state index in [0.29, 0.717) is 12.2 Å². The number of esters is 1. The van der Waals surface area contributed by atoms with Gasteiger partial charge in [0.15, 0.2) is 0 Å². The second-order valence-corrected chi connectivity index (χ2v) is 7.39. The van der Waals surface area contributed by atoms with Gasteiger partial charge in [0.25, 0.3) is 0 Å². The maximum atomic E-state index is 12.3. The van der Waals surface area contributed by atoms with Crippen LogP contribution in [0.15, 0.2) is 72.1 Å². The molecule has 0 aromatic heterocycles. The van der Waals surface area contributed by atoms with Crippen LogP contribution in [0.2, 0.25) is 0 Å². The molecule has 0 amide bonds. The zero-order valence-electron chi connectivity index (χ0n) is 15.5. The lowest BCUT2D eigenvalue weighted by molar-refractivity contribution is -0.140. The van der Waals surface area contributed by atoms with Gasteiger partial charge in [-0.3, -0.25) is 0 Å². The summed E-state index contributed by atoms with van der Waals surface area (Å²) >= 11 is 0. The summed E-state index contributed by atoms with van der Waals surface area (Å²) in [6, 6.07) is 8.03. The highest BCUT2D eigenvalue weighted by atomic mass is 16.6. The van der Waals surface area contributed by atoms with E-state index in [0.717, 1.165) is 11.3 Å². The van der Waals surface area contributed by atoms with Crippen molar-refractivity contribution in [1.29, 1.82) is 0 Å². The molecule has 0 saturated carbocycles. The van der Waals surface area contributed by atoms with Crippen molar-refractivity contribution in [1.82, 2.24) is 5.32 Å². The van der Waals surface area contributed by atoms with Gasteiger partial charge in [-0.2, -0.15) is 0 Å². The number of fused-ring (bicyclic) bond motifs is 1. The van der Waals surface area contributed by atoms with Crippen LogP contribution >= 0.6 is 0 Å². The molecular formula is C22H25NO3. The summed E-state index contributed by atoms with van der Waals surface area (Å²) in [5, 5.41) is 3.01. The second kappa shape index (κ2) is 7.65. The number of nitrogens with one attached hydrogen (secondary N) is 1. The minimum atomic E-state index is -0.320. The molecule has 0 bridgehead atoms. The SMILES string of the molecule is CC(C)(C)c1ccc(OCCOC(=O)C2=CNC=C3C=CC=CC32)cc1. The van der Waals surface area contributed by atoms with Gasteiger partial charge < -0.3 is 14.8 Å². The first kappa shape index (κ1) is 18.1. The Labute approximate surface area is 154 Å². The van der Waals surface area contributed by atoms with Crippen LogP contribution in [0.3, 0.4) is 0 Å². The number of carbonyl (C=O) groups excluding carboxylic acids is 1. The highest BCUT2D eigenvalue weighted by molar-refractivity contribution is 5.90. The average Bonchev–Trinajstić information content (AvgIpc) is 2.64. The summed E-state index contributed by atoms with van der Waals surface area (Å²) in [6.45, 7) is 7.06. The Bertz CT molecular complexity index is 777. The fourth-order valence-corrected chi connectivity index (χ4v) is 2.91. The van der Waals surface area contributed by atoms with Gasteiger partial charge in [-0.1, -0.05) is 57.2 Å². The third-order valence-corrected chi connectivity index (χ3v) is 4.43. The van der Waals surface area contributed by atoms with Crippen LogP contribution in [-0.2, 0) is 14.9 Å². The standard InChI is InChI=1S/C22H25NO3/c1-22(2,3)17-8-10-18(11-9-17)25-12-13-26-21(24)20-15-23-14-16-6-4-5-7-19(16)20/h4-11,14-15,19,23H,12-13H2,1-3H3. The van der Waals surface area contributed by atoms with Gasteiger partial charge in [0.05, 0.1) is 5.57 Å². The first-order valence-corrected chi connectivity index (χ1v) is 8.87. The average molecular weight is 351 g/mol. The Balaban J connectivity index is 1.46. The van der Waals surface area contributed by atoms with Crippen molar-refractivity contribution in [3.05, 3.63) is 77.7 Å². The van der Waals surface area contributed by atoms with E-state index in [1.807, 2.05) is 42.6 Å². The van der Waals surface area contributed by atoms with Gasteiger partial charge in [-0.15, -0.1) is 0 Å². The molecule has 1 atom stereocenters. The number of dihydropyridines is 1. The number of benzene rings is 1. The highest BCUT2D eigenvalue weighted by Gasteiger charge is 2.25. The highest BCUT2D eigenvalue weighted by Crippen LogP contribution is 2.28. The molecule has 1 heterocycles. The van der Waals surface area contributed by atoms with Crippen LogP contribution in [-0.4, -0.2) is 19.2 Å². The third kappa shape index (κ3) is 4.26. The van der Waals surface area contributed by atoms with Gasteiger partial charge in [0.2, 0.25) is 0 Å². The van der Waals surface area contributed by atoms with Crippen molar-refractivity contribution in [2.75, 3.05) is 13.2 Å². The molecule has 4 nitrogen and oxygen atoms in total. The van der Waals surface area contributed by atoms with Gasteiger partial charge in [-0.25, -0.2) is 4.79 Å². The number of hydrogen-bond acceptors (Lipinski definition) is 4. The molecule has 1 aromatic carbocycles. The van der Waals surface area contributed by atoms with Gasteiger partial charge >= 0.3 is 5.97 Å². The Kier molecular flexibility index (Phi) is 5.31. The molecule has 0 saturated heterocycles. The lowest BCUT2D eigenvalue weighted by Gasteiger charge is -2.23. The van der Waals surface area contributed by atoms with Crippen molar-refractivity contribution in [3.63, 3.8) is 0 Å². The first-order chi connectivity index (χ1) is 12.4. The summed E-state index contributed by atoms with van der Waals surface area (Å²) in [6.07, 6.45) is 11.5. The summed E-state index contributed by atoms with van der Waals surface area (Å²) in [5.74, 6) is 0.414. The predicted molar refractivity (Wildman–Crippen MR) is 103 cm³/mol. The third-order valence-electron chi connectivity index (χ3n) is 4.43. The number of allylic oxidation sites excluding steroid dienone is 5. The Hall–Kier alpha value is -2.75. The zero-order valence-corrected chi connectivity index (χ0v) is 15.5. The summed E-state index contributed by atoms with van der Waals surface area (Å²) < 4.78 is 11.0. The van der Waals surface area contributed by atoms with Crippen LogP contribution < -0.4 is 10.1 Å². The summed E-state index contributed by atoms with van der Waals surface area (Å²) in [5.41, 5.74) is 3.03. The van der Waals surface area contributed by atoms with Crippen LogP contribution in [0.4, 0.5) is 0 Å². The van der Waals surface area contributed by atoms with Crippen molar-refractivity contribution in [2.45, 2.75) is 26.2 Å². The smallest absolute Gasteiger partial charge is 0.336 e. The van der Waals surface area contributed by atoms with E-state index >= 15 is 0 Å². The molecule has 1 N–H and O–H groups in total. The van der Waals surface area contributed by atoms with Gasteiger partial charge in [-0.05, 0) is 28.7 Å².